The molecule has 1 amide bonds. The number of nitro groups is 1. The van der Waals surface area contributed by atoms with Crippen molar-refractivity contribution in [3.8, 4) is 5.75 Å². The molecule has 1 heterocycles. The van der Waals surface area contributed by atoms with Gasteiger partial charge in [0.25, 0.3) is 5.69 Å². The molecule has 25 heavy (non-hydrogen) atoms. The fraction of sp³-hybridized carbons (Fsp3) is 0.500. The van der Waals surface area contributed by atoms with Gasteiger partial charge in [-0.15, -0.1) is 5.06 Å². The molecular weight excluding hydrogens is 330 g/mol. The molecule has 1 aromatic rings. The van der Waals surface area contributed by atoms with Crippen molar-refractivity contribution in [2.75, 3.05) is 26.2 Å². The lowest BCUT2D eigenvalue weighted by Gasteiger charge is -2.33. The van der Waals surface area contributed by atoms with Gasteiger partial charge in [-0.25, -0.2) is 4.79 Å². The highest BCUT2D eigenvalue weighted by atomic mass is 16.7. The molecule has 0 spiro atoms. The number of amides is 1. The molecule has 9 nitrogen and oxygen atoms in total. The Morgan fingerprint density at radius 2 is 1.64 bits per heavy atom. The van der Waals surface area contributed by atoms with Gasteiger partial charge >= 0.3 is 11.9 Å². The number of carbonyl (C=O) groups is 2. The predicted octanol–water partition coefficient (Wildman–Crippen LogP) is 1.37. The highest BCUT2D eigenvalue weighted by molar-refractivity contribution is 6.32. The molecule has 0 N–H and O–H groups in total. The van der Waals surface area contributed by atoms with Crippen molar-refractivity contribution in [1.82, 2.24) is 9.96 Å². The predicted molar refractivity (Wildman–Crippen MR) is 87.7 cm³/mol. The van der Waals surface area contributed by atoms with Crippen molar-refractivity contribution in [2.45, 2.75) is 26.4 Å². The highest BCUT2D eigenvalue weighted by Gasteiger charge is 2.30. The van der Waals surface area contributed by atoms with E-state index < -0.39 is 22.4 Å². The smallest absolute Gasteiger partial charge is 0.397 e. The van der Waals surface area contributed by atoms with E-state index in [2.05, 4.69) is 0 Å². The third-order valence-corrected chi connectivity index (χ3v) is 3.38. The maximum absolute atomic E-state index is 12.1. The minimum atomic E-state index is -0.864. The number of hydrogen-bond donors (Lipinski definition) is 0. The number of benzene rings is 1. The Morgan fingerprint density at radius 1 is 1.08 bits per heavy atom. The number of nitrogens with zero attached hydrogens (tertiary/aromatic N) is 3. The highest BCUT2D eigenvalue weighted by Crippen LogP contribution is 2.19. The molecule has 0 unspecified atom stereocenters. The monoisotopic (exact) mass is 351 g/mol. The first-order valence-electron chi connectivity index (χ1n) is 7.85. The van der Waals surface area contributed by atoms with E-state index in [1.54, 1.807) is 25.8 Å². The second-order valence-corrected chi connectivity index (χ2v) is 6.57. The van der Waals surface area contributed by atoms with Crippen LogP contribution in [-0.2, 0) is 14.3 Å². The van der Waals surface area contributed by atoms with Crippen LogP contribution in [0.2, 0.25) is 0 Å². The van der Waals surface area contributed by atoms with E-state index in [-0.39, 0.29) is 5.69 Å². The Balaban J connectivity index is 1.84. The molecule has 0 bridgehead atoms. The van der Waals surface area contributed by atoms with Gasteiger partial charge in [0.15, 0.2) is 0 Å². The van der Waals surface area contributed by atoms with Gasteiger partial charge < -0.3 is 14.5 Å². The first-order valence-corrected chi connectivity index (χ1v) is 7.85. The Bertz CT molecular complexity index is 645. The Hall–Kier alpha value is -2.68. The number of esters is 1. The molecule has 0 saturated carbocycles. The molecule has 1 saturated heterocycles. The second-order valence-electron chi connectivity index (χ2n) is 6.57. The summed E-state index contributed by atoms with van der Waals surface area (Å²) >= 11 is 0. The molecule has 2 rings (SSSR count). The van der Waals surface area contributed by atoms with E-state index in [0.29, 0.717) is 31.9 Å². The van der Waals surface area contributed by atoms with Crippen LogP contribution in [0.25, 0.3) is 0 Å². The van der Waals surface area contributed by atoms with E-state index in [0.717, 1.165) is 0 Å². The molecule has 1 aliphatic rings. The minimum absolute atomic E-state index is 0.0138. The summed E-state index contributed by atoms with van der Waals surface area (Å²) < 4.78 is 5.08. The van der Waals surface area contributed by atoms with Crippen LogP contribution in [0, 0.1) is 10.1 Å². The van der Waals surface area contributed by atoms with Crippen LogP contribution in [-0.4, -0.2) is 58.5 Å². The van der Waals surface area contributed by atoms with E-state index in [1.165, 1.54) is 29.2 Å². The molecule has 0 radical (unpaired) electrons. The van der Waals surface area contributed by atoms with Crippen LogP contribution >= 0.6 is 0 Å². The van der Waals surface area contributed by atoms with Crippen LogP contribution in [0.15, 0.2) is 24.3 Å². The molecule has 136 valence electrons. The second kappa shape index (κ2) is 7.47. The van der Waals surface area contributed by atoms with Crippen LogP contribution < -0.4 is 4.84 Å². The van der Waals surface area contributed by atoms with Gasteiger partial charge in [0, 0.05) is 25.2 Å². The summed E-state index contributed by atoms with van der Waals surface area (Å²) in [5.74, 6) is -1.06. The largest absolute Gasteiger partial charge is 0.453 e. The molecular formula is C16H21N3O6. The van der Waals surface area contributed by atoms with E-state index >= 15 is 0 Å². The lowest BCUT2D eigenvalue weighted by atomic mass is 10.2. The maximum atomic E-state index is 12.1. The van der Waals surface area contributed by atoms with Crippen LogP contribution in [0.1, 0.15) is 20.8 Å². The summed E-state index contributed by atoms with van der Waals surface area (Å²) in [6.07, 6.45) is 0. The normalized spacial score (nSPS) is 15.6. The van der Waals surface area contributed by atoms with Crippen molar-refractivity contribution in [3.63, 3.8) is 0 Å². The average Bonchev–Trinajstić information content (AvgIpc) is 2.54. The number of rotatable bonds is 3. The van der Waals surface area contributed by atoms with E-state index in [9.17, 15) is 19.7 Å². The molecule has 0 aromatic heterocycles. The van der Waals surface area contributed by atoms with Crippen LogP contribution in [0.3, 0.4) is 0 Å². The molecule has 9 heteroatoms. The van der Waals surface area contributed by atoms with E-state index in [1.807, 2.05) is 0 Å². The molecule has 0 aliphatic carbocycles. The lowest BCUT2D eigenvalue weighted by Crippen LogP contribution is -2.52. The Labute approximate surface area is 145 Å². The van der Waals surface area contributed by atoms with Crippen molar-refractivity contribution in [3.05, 3.63) is 34.4 Å². The summed E-state index contributed by atoms with van der Waals surface area (Å²) in [6, 6.07) is 5.74. The number of hydroxylamine groups is 2. The standard InChI is InChI=1S/C16H21N3O6/c1-16(2,3)24-15(21)14(20)17-8-10-18(11-9-17)25-13-6-4-12(5-7-13)19(22)23/h4-7H,8-11H2,1-3H3. The fourth-order valence-electron chi connectivity index (χ4n) is 2.21. The third-order valence-electron chi connectivity index (χ3n) is 3.38. The van der Waals surface area contributed by atoms with Crippen LogP contribution in [0.5, 0.6) is 5.75 Å². The summed E-state index contributed by atoms with van der Waals surface area (Å²) in [6.45, 7) is 6.57. The first-order chi connectivity index (χ1) is 11.7. The summed E-state index contributed by atoms with van der Waals surface area (Å²) in [4.78, 5) is 41.1. The molecule has 1 aliphatic heterocycles. The summed E-state index contributed by atoms with van der Waals surface area (Å²) in [7, 11) is 0. The summed E-state index contributed by atoms with van der Waals surface area (Å²) in [5, 5.41) is 12.3. The van der Waals surface area contributed by atoms with Gasteiger partial charge in [-0.2, -0.15) is 0 Å². The minimum Gasteiger partial charge on any atom is -0.453 e. The zero-order valence-electron chi connectivity index (χ0n) is 14.4. The number of nitro benzene ring substituents is 1. The topological polar surface area (TPSA) is 102 Å². The van der Waals surface area contributed by atoms with Gasteiger partial charge in [0.05, 0.1) is 18.0 Å². The van der Waals surface area contributed by atoms with Gasteiger partial charge in [0.2, 0.25) is 0 Å². The lowest BCUT2D eigenvalue weighted by molar-refractivity contribution is -0.384. The van der Waals surface area contributed by atoms with Crippen molar-refractivity contribution in [2.24, 2.45) is 0 Å². The zero-order valence-corrected chi connectivity index (χ0v) is 14.4. The number of ether oxygens (including phenoxy) is 1. The van der Waals surface area contributed by atoms with Crippen molar-refractivity contribution < 1.29 is 24.1 Å². The van der Waals surface area contributed by atoms with Gasteiger partial charge in [-0.1, -0.05) is 0 Å². The van der Waals surface area contributed by atoms with Crippen molar-refractivity contribution >= 4 is 17.6 Å². The number of non-ortho nitro benzene ring substituents is 1. The van der Waals surface area contributed by atoms with Gasteiger partial charge in [0.1, 0.15) is 11.4 Å². The number of piperazine rings is 1. The summed E-state index contributed by atoms with van der Waals surface area (Å²) in [5.41, 5.74) is -0.728. The SMILES string of the molecule is CC(C)(C)OC(=O)C(=O)N1CCN(Oc2ccc([N+](=O)[O-])cc2)CC1. The van der Waals surface area contributed by atoms with E-state index in [4.69, 9.17) is 9.57 Å². The molecule has 0 atom stereocenters. The molecule has 1 fully saturated rings. The zero-order chi connectivity index (χ0) is 18.6. The quantitative estimate of drug-likeness (QED) is 0.351. The van der Waals surface area contributed by atoms with Crippen molar-refractivity contribution in [1.29, 1.82) is 0 Å². The molecule has 1 aromatic carbocycles. The first kappa shape index (κ1) is 18.7. The van der Waals surface area contributed by atoms with Crippen LogP contribution in [0.4, 0.5) is 5.69 Å². The number of hydrogen-bond acceptors (Lipinski definition) is 7. The number of carbonyl (C=O) groups excluding carboxylic acids is 2. The maximum Gasteiger partial charge on any atom is 0.397 e. The fourth-order valence-corrected chi connectivity index (χ4v) is 2.21. The van der Waals surface area contributed by atoms with Gasteiger partial charge in [-0.3, -0.25) is 14.9 Å². The third kappa shape index (κ3) is 5.42. The van der Waals surface area contributed by atoms with Gasteiger partial charge in [-0.05, 0) is 32.9 Å². The Kier molecular flexibility index (Phi) is 5.58. The average molecular weight is 351 g/mol. The Morgan fingerprint density at radius 3 is 2.12 bits per heavy atom.